The van der Waals surface area contributed by atoms with Crippen LogP contribution in [0.5, 0.6) is 0 Å². The third-order valence-corrected chi connectivity index (χ3v) is 5.43. The highest BCUT2D eigenvalue weighted by Crippen LogP contribution is 2.23. The van der Waals surface area contributed by atoms with Gasteiger partial charge in [0.2, 0.25) is 0 Å². The maximum absolute atomic E-state index is 12.9. The number of aryl methyl sites for hydroxylation is 1. The second-order valence-electron chi connectivity index (χ2n) is 7.33. The van der Waals surface area contributed by atoms with E-state index in [1.165, 1.54) is 0 Å². The van der Waals surface area contributed by atoms with E-state index in [0.29, 0.717) is 27.7 Å². The first-order chi connectivity index (χ1) is 13.6. The predicted octanol–water partition coefficient (Wildman–Crippen LogP) is 3.19. The molecule has 0 unspecified atom stereocenters. The van der Waals surface area contributed by atoms with Gasteiger partial charge in [-0.15, -0.1) is 0 Å². The van der Waals surface area contributed by atoms with Crippen LogP contribution in [0.1, 0.15) is 41.2 Å². The van der Waals surface area contributed by atoms with Crippen LogP contribution < -0.4 is 0 Å². The second kappa shape index (κ2) is 7.83. The summed E-state index contributed by atoms with van der Waals surface area (Å²) in [4.78, 5) is 51.1. The Hall–Kier alpha value is -2.93. The smallest absolute Gasteiger partial charge is 0.334 e. The van der Waals surface area contributed by atoms with Gasteiger partial charge in [-0.1, -0.05) is 29.8 Å². The summed E-state index contributed by atoms with van der Waals surface area (Å²) in [6, 6.07) is 7.97. The van der Waals surface area contributed by atoms with Crippen LogP contribution in [0.15, 0.2) is 30.3 Å². The minimum atomic E-state index is -0.970. The van der Waals surface area contributed by atoms with Gasteiger partial charge >= 0.3 is 17.8 Å². The number of carbonyl (C=O) groups is 4. The molecular weight excluding hydrogens is 394 g/mol. The molecule has 29 heavy (non-hydrogen) atoms. The molecule has 7 nitrogen and oxygen atoms in total. The Morgan fingerprint density at radius 3 is 2.31 bits per heavy atom. The molecule has 1 aromatic carbocycles. The van der Waals surface area contributed by atoms with Crippen molar-refractivity contribution in [1.29, 1.82) is 0 Å². The highest BCUT2D eigenvalue weighted by atomic mass is 35.5. The number of rotatable bonds is 6. The molecule has 4 amide bonds. The molecule has 0 N–H and O–H groups in total. The zero-order chi connectivity index (χ0) is 21.5. The summed E-state index contributed by atoms with van der Waals surface area (Å²) in [5, 5.41) is 0.633. The molecule has 1 aromatic heterocycles. The number of amides is 4. The molecule has 0 spiro atoms. The van der Waals surface area contributed by atoms with Crippen molar-refractivity contribution in [3.05, 3.63) is 57.9 Å². The van der Waals surface area contributed by atoms with Crippen molar-refractivity contribution in [3.8, 4) is 0 Å². The van der Waals surface area contributed by atoms with Crippen LogP contribution in [0.25, 0.3) is 0 Å². The fourth-order valence-corrected chi connectivity index (χ4v) is 3.67. The minimum Gasteiger partial charge on any atom is -0.344 e. The molecule has 2 aromatic rings. The molecule has 8 heteroatoms. The zero-order valence-electron chi connectivity index (χ0n) is 16.7. The van der Waals surface area contributed by atoms with Gasteiger partial charge in [-0.05, 0) is 45.4 Å². The maximum Gasteiger partial charge on any atom is 0.334 e. The van der Waals surface area contributed by atoms with Gasteiger partial charge in [-0.3, -0.25) is 19.3 Å². The summed E-state index contributed by atoms with van der Waals surface area (Å²) in [6.45, 7) is 6.97. The van der Waals surface area contributed by atoms with Crippen LogP contribution >= 0.6 is 11.6 Å². The minimum absolute atomic E-state index is 0.399. The van der Waals surface area contributed by atoms with Crippen LogP contribution in [0, 0.1) is 13.8 Å². The molecule has 152 valence electrons. The van der Waals surface area contributed by atoms with E-state index < -0.39 is 36.2 Å². The number of hydrogen-bond acceptors (Lipinski definition) is 4. The summed E-state index contributed by atoms with van der Waals surface area (Å²) in [7, 11) is 0. The molecule has 1 aliphatic rings. The lowest BCUT2D eigenvalue weighted by atomic mass is 10.1. The monoisotopic (exact) mass is 415 g/mol. The molecular formula is C21H22ClN3O4. The third kappa shape index (κ3) is 3.70. The Kier molecular flexibility index (Phi) is 5.61. The molecule has 1 aliphatic heterocycles. The molecule has 0 aliphatic carbocycles. The van der Waals surface area contributed by atoms with Crippen LogP contribution in [0.3, 0.4) is 0 Å². The van der Waals surface area contributed by atoms with Crippen molar-refractivity contribution >= 4 is 35.2 Å². The molecule has 1 saturated heterocycles. The average molecular weight is 416 g/mol. The van der Waals surface area contributed by atoms with Crippen molar-refractivity contribution in [2.45, 2.75) is 40.3 Å². The number of aromatic nitrogens is 1. The first kappa shape index (κ1) is 20.8. The Morgan fingerprint density at radius 2 is 1.72 bits per heavy atom. The number of Topliss-reactive ketones (excluding diaryl/α,β-unsaturated/α-hetero) is 1. The van der Waals surface area contributed by atoms with E-state index in [2.05, 4.69) is 0 Å². The zero-order valence-corrected chi connectivity index (χ0v) is 17.5. The number of ketones is 1. The Bertz CT molecular complexity index is 1020. The summed E-state index contributed by atoms with van der Waals surface area (Å²) >= 11 is 6.25. The summed E-state index contributed by atoms with van der Waals surface area (Å²) < 4.78 is 1.95. The van der Waals surface area contributed by atoms with E-state index in [1.54, 1.807) is 32.9 Å². The van der Waals surface area contributed by atoms with Gasteiger partial charge in [-0.2, -0.15) is 0 Å². The van der Waals surface area contributed by atoms with Gasteiger partial charge in [-0.25, -0.2) is 9.69 Å². The summed E-state index contributed by atoms with van der Waals surface area (Å²) in [5.41, 5.74) is 2.88. The molecule has 0 atom stereocenters. The van der Waals surface area contributed by atoms with E-state index in [0.717, 1.165) is 16.2 Å². The number of imide groups is 2. The average Bonchev–Trinajstić information content (AvgIpc) is 3.05. The SMILES string of the molecule is Cc1cc(C(=O)CN2C(=O)C(=O)N(C(C)C)C2=O)c(C)n1Cc1ccccc1Cl. The standard InChI is InChI=1S/C21H22ClN3O4/c1-12(2)25-20(28)19(27)24(21(25)29)11-18(26)16-9-13(3)23(14(16)4)10-15-7-5-6-8-17(15)22/h5-9,12H,10-11H2,1-4H3. The van der Waals surface area contributed by atoms with Gasteiger partial charge in [0.15, 0.2) is 5.78 Å². The van der Waals surface area contributed by atoms with Crippen LogP contribution in [0.4, 0.5) is 4.79 Å². The van der Waals surface area contributed by atoms with Gasteiger partial charge in [0.1, 0.15) is 0 Å². The first-order valence-corrected chi connectivity index (χ1v) is 9.63. The highest BCUT2D eigenvalue weighted by molar-refractivity contribution is 6.45. The second-order valence-corrected chi connectivity index (χ2v) is 7.74. The Balaban J connectivity index is 1.84. The van der Waals surface area contributed by atoms with Crippen molar-refractivity contribution in [1.82, 2.24) is 14.4 Å². The normalized spacial score (nSPS) is 14.5. The van der Waals surface area contributed by atoms with E-state index in [-0.39, 0.29) is 0 Å². The highest BCUT2D eigenvalue weighted by Gasteiger charge is 2.46. The Labute approximate surface area is 173 Å². The fourth-order valence-electron chi connectivity index (χ4n) is 3.47. The quantitative estimate of drug-likeness (QED) is 0.412. The fraction of sp³-hybridized carbons (Fsp3) is 0.333. The number of urea groups is 1. The van der Waals surface area contributed by atoms with E-state index >= 15 is 0 Å². The maximum atomic E-state index is 12.9. The van der Waals surface area contributed by atoms with Crippen molar-refractivity contribution < 1.29 is 19.2 Å². The lowest BCUT2D eigenvalue weighted by Gasteiger charge is -2.18. The molecule has 1 fully saturated rings. The van der Waals surface area contributed by atoms with E-state index in [9.17, 15) is 19.2 Å². The van der Waals surface area contributed by atoms with Crippen molar-refractivity contribution in [3.63, 3.8) is 0 Å². The van der Waals surface area contributed by atoms with Crippen LogP contribution in [0.2, 0.25) is 5.02 Å². The van der Waals surface area contributed by atoms with Gasteiger partial charge < -0.3 is 4.57 Å². The van der Waals surface area contributed by atoms with Crippen molar-refractivity contribution in [2.24, 2.45) is 0 Å². The summed E-state index contributed by atoms with van der Waals surface area (Å²) in [5.74, 6) is -2.27. The molecule has 0 saturated carbocycles. The largest absolute Gasteiger partial charge is 0.344 e. The number of nitrogens with zero attached hydrogens (tertiary/aromatic N) is 3. The van der Waals surface area contributed by atoms with Gasteiger partial charge in [0.05, 0.1) is 6.54 Å². The number of halogens is 1. The van der Waals surface area contributed by atoms with E-state index in [1.807, 2.05) is 29.7 Å². The first-order valence-electron chi connectivity index (χ1n) is 9.25. The lowest BCUT2D eigenvalue weighted by molar-refractivity contribution is -0.143. The van der Waals surface area contributed by atoms with Crippen molar-refractivity contribution in [2.75, 3.05) is 6.54 Å². The van der Waals surface area contributed by atoms with E-state index in [4.69, 9.17) is 11.6 Å². The molecule has 3 rings (SSSR count). The number of carbonyl (C=O) groups excluding carboxylic acids is 4. The van der Waals surface area contributed by atoms with Crippen LogP contribution in [-0.2, 0) is 16.1 Å². The Morgan fingerprint density at radius 1 is 1.07 bits per heavy atom. The van der Waals surface area contributed by atoms with Gasteiger partial charge in [0, 0.05) is 34.6 Å². The van der Waals surface area contributed by atoms with Crippen LogP contribution in [-0.4, -0.2) is 50.6 Å². The third-order valence-electron chi connectivity index (χ3n) is 5.06. The molecule has 0 bridgehead atoms. The number of benzene rings is 1. The molecule has 2 heterocycles. The van der Waals surface area contributed by atoms with Gasteiger partial charge in [0.25, 0.3) is 0 Å². The predicted molar refractivity (Wildman–Crippen MR) is 108 cm³/mol. The lowest BCUT2D eigenvalue weighted by Crippen LogP contribution is -2.39. The molecule has 0 radical (unpaired) electrons. The number of hydrogen-bond donors (Lipinski definition) is 0. The summed E-state index contributed by atoms with van der Waals surface area (Å²) in [6.07, 6.45) is 0. The topological polar surface area (TPSA) is 79.7 Å².